The maximum Gasteiger partial charge on any atom is 0.146 e. The van der Waals surface area contributed by atoms with Gasteiger partial charge in [0, 0.05) is 13.7 Å². The first-order chi connectivity index (χ1) is 12.1. The minimum absolute atomic E-state index is 0.0606. The van der Waals surface area contributed by atoms with Crippen LogP contribution in [0.3, 0.4) is 0 Å². The Morgan fingerprint density at radius 3 is 2.52 bits per heavy atom. The Morgan fingerprint density at radius 1 is 1.20 bits per heavy atom. The quantitative estimate of drug-likeness (QED) is 0.315. The molecule has 0 fully saturated rings. The van der Waals surface area contributed by atoms with Gasteiger partial charge in [-0.05, 0) is 42.9 Å². The van der Waals surface area contributed by atoms with Crippen LogP contribution in [0.2, 0.25) is 0 Å². The number of ether oxygens (including phenoxy) is 4. The van der Waals surface area contributed by atoms with E-state index >= 15 is 0 Å². The lowest BCUT2D eigenvalue weighted by Crippen LogP contribution is -2.28. The Labute approximate surface area is 151 Å². The molecule has 3 unspecified atom stereocenters. The number of aliphatic hydroxyl groups excluding tert-OH is 1. The second-order valence-electron chi connectivity index (χ2n) is 6.19. The van der Waals surface area contributed by atoms with Crippen LogP contribution in [-0.4, -0.2) is 44.9 Å². The summed E-state index contributed by atoms with van der Waals surface area (Å²) in [4.78, 5) is 0. The zero-order chi connectivity index (χ0) is 18.5. The summed E-state index contributed by atoms with van der Waals surface area (Å²) in [5.41, 5.74) is 1.08. The molecule has 0 aliphatic rings. The van der Waals surface area contributed by atoms with E-state index in [1.165, 1.54) is 0 Å². The average Bonchev–Trinajstić information content (AvgIpc) is 2.63. The molecule has 0 aliphatic heterocycles. The lowest BCUT2D eigenvalue weighted by Gasteiger charge is -2.25. The molecule has 1 rings (SSSR count). The maximum atomic E-state index is 10.3. The predicted molar refractivity (Wildman–Crippen MR) is 98.6 cm³/mol. The summed E-state index contributed by atoms with van der Waals surface area (Å²) >= 11 is 0. The second kappa shape index (κ2) is 12.9. The van der Waals surface area contributed by atoms with Crippen molar-refractivity contribution in [3.8, 4) is 5.75 Å². The summed E-state index contributed by atoms with van der Waals surface area (Å²) in [5, 5.41) is 10.3. The van der Waals surface area contributed by atoms with E-state index in [9.17, 15) is 5.11 Å². The van der Waals surface area contributed by atoms with Crippen LogP contribution < -0.4 is 4.74 Å². The molecule has 5 nitrogen and oxygen atoms in total. The van der Waals surface area contributed by atoms with Crippen molar-refractivity contribution < 1.29 is 24.1 Å². The van der Waals surface area contributed by atoms with Gasteiger partial charge in [0.1, 0.15) is 12.5 Å². The molecule has 0 saturated carbocycles. The van der Waals surface area contributed by atoms with Crippen molar-refractivity contribution in [1.82, 2.24) is 0 Å². The monoisotopic (exact) mass is 352 g/mol. The number of hydrogen-bond acceptors (Lipinski definition) is 5. The van der Waals surface area contributed by atoms with Crippen LogP contribution in [0, 0.1) is 5.92 Å². The van der Waals surface area contributed by atoms with Crippen molar-refractivity contribution in [3.05, 3.63) is 42.5 Å². The van der Waals surface area contributed by atoms with E-state index in [1.54, 1.807) is 14.2 Å². The first kappa shape index (κ1) is 21.6. The molecule has 0 aromatic heterocycles. The summed E-state index contributed by atoms with van der Waals surface area (Å²) in [6.07, 6.45) is 3.32. The fraction of sp³-hybridized carbons (Fsp3) is 0.600. The Kier molecular flexibility index (Phi) is 11.2. The Bertz CT molecular complexity index is 460. The summed E-state index contributed by atoms with van der Waals surface area (Å²) < 4.78 is 21.5. The third-order valence-corrected chi connectivity index (χ3v) is 4.10. The van der Waals surface area contributed by atoms with Crippen LogP contribution in [-0.2, 0) is 20.8 Å². The molecule has 1 aromatic rings. The third-order valence-electron chi connectivity index (χ3n) is 4.10. The zero-order valence-corrected chi connectivity index (χ0v) is 15.6. The van der Waals surface area contributed by atoms with Gasteiger partial charge >= 0.3 is 0 Å². The molecule has 1 N–H and O–H groups in total. The van der Waals surface area contributed by atoms with E-state index in [0.29, 0.717) is 26.1 Å². The highest BCUT2D eigenvalue weighted by Crippen LogP contribution is 2.19. The molecule has 0 radical (unpaired) electrons. The largest absolute Gasteiger partial charge is 0.497 e. The summed E-state index contributed by atoms with van der Waals surface area (Å²) in [7, 11) is 3.24. The molecule has 0 aliphatic carbocycles. The molecule has 3 atom stereocenters. The van der Waals surface area contributed by atoms with Gasteiger partial charge in [-0.15, -0.1) is 6.58 Å². The zero-order valence-electron chi connectivity index (χ0n) is 15.6. The first-order valence-electron chi connectivity index (χ1n) is 8.70. The topological polar surface area (TPSA) is 57.2 Å². The van der Waals surface area contributed by atoms with Crippen molar-refractivity contribution in [2.24, 2.45) is 5.92 Å². The molecule has 1 aromatic carbocycles. The van der Waals surface area contributed by atoms with Crippen molar-refractivity contribution >= 4 is 0 Å². The van der Waals surface area contributed by atoms with Crippen molar-refractivity contribution in [2.75, 3.05) is 27.6 Å². The van der Waals surface area contributed by atoms with E-state index in [2.05, 4.69) is 13.5 Å². The maximum absolute atomic E-state index is 10.3. The fourth-order valence-corrected chi connectivity index (χ4v) is 2.55. The number of allylic oxidation sites excluding steroid dienone is 1. The number of hydrogen-bond donors (Lipinski definition) is 1. The Balaban J connectivity index is 2.30. The smallest absolute Gasteiger partial charge is 0.146 e. The van der Waals surface area contributed by atoms with Crippen LogP contribution >= 0.6 is 0 Å². The SMILES string of the molecule is C=CCC(C)C(CC(O)CCOCc1ccc(OC)cc1)OCOC. The van der Waals surface area contributed by atoms with Gasteiger partial charge in [-0.1, -0.05) is 25.1 Å². The van der Waals surface area contributed by atoms with Gasteiger partial charge in [-0.3, -0.25) is 0 Å². The van der Waals surface area contributed by atoms with Crippen molar-refractivity contribution in [1.29, 1.82) is 0 Å². The van der Waals surface area contributed by atoms with Gasteiger partial charge in [0.05, 0.1) is 25.9 Å². The molecule has 0 spiro atoms. The van der Waals surface area contributed by atoms with Gasteiger partial charge in [-0.2, -0.15) is 0 Å². The summed E-state index contributed by atoms with van der Waals surface area (Å²) in [6.45, 7) is 7.11. The first-order valence-corrected chi connectivity index (χ1v) is 8.70. The molecular weight excluding hydrogens is 320 g/mol. The molecule has 0 bridgehead atoms. The van der Waals surface area contributed by atoms with E-state index in [4.69, 9.17) is 18.9 Å². The standard InChI is InChI=1S/C20H32O5/c1-5-6-16(2)20(25-15-22-3)13-18(21)11-12-24-14-17-7-9-19(23-4)10-8-17/h5,7-10,16,18,20-21H,1,6,11-15H2,2-4H3. The second-order valence-corrected chi connectivity index (χ2v) is 6.19. The van der Waals surface area contributed by atoms with Gasteiger partial charge < -0.3 is 24.1 Å². The lowest BCUT2D eigenvalue weighted by atomic mass is 9.95. The van der Waals surface area contributed by atoms with Gasteiger partial charge in [0.15, 0.2) is 0 Å². The summed E-state index contributed by atoms with van der Waals surface area (Å²) in [6, 6.07) is 7.76. The van der Waals surface area contributed by atoms with Crippen LogP contribution in [0.15, 0.2) is 36.9 Å². The number of methoxy groups -OCH3 is 2. The Morgan fingerprint density at radius 2 is 1.92 bits per heavy atom. The Hall–Kier alpha value is -1.40. The highest BCUT2D eigenvalue weighted by molar-refractivity contribution is 5.26. The molecule has 25 heavy (non-hydrogen) atoms. The van der Waals surface area contributed by atoms with E-state index in [0.717, 1.165) is 17.7 Å². The minimum atomic E-state index is -0.468. The predicted octanol–water partition coefficient (Wildman–Crippen LogP) is 3.55. The minimum Gasteiger partial charge on any atom is -0.497 e. The van der Waals surface area contributed by atoms with Crippen molar-refractivity contribution in [2.45, 2.75) is 45.0 Å². The number of aliphatic hydroxyl groups is 1. The highest BCUT2D eigenvalue weighted by atomic mass is 16.7. The summed E-state index contributed by atoms with van der Waals surface area (Å²) in [5.74, 6) is 1.11. The van der Waals surface area contributed by atoms with E-state index in [-0.39, 0.29) is 18.8 Å². The molecule has 142 valence electrons. The lowest BCUT2D eigenvalue weighted by molar-refractivity contribution is -0.103. The average molecular weight is 352 g/mol. The van der Waals surface area contributed by atoms with Crippen LogP contribution in [0.4, 0.5) is 0 Å². The third kappa shape index (κ3) is 9.02. The molecule has 0 saturated heterocycles. The van der Waals surface area contributed by atoms with E-state index < -0.39 is 6.10 Å². The van der Waals surface area contributed by atoms with Gasteiger partial charge in [-0.25, -0.2) is 0 Å². The highest BCUT2D eigenvalue weighted by Gasteiger charge is 2.21. The number of benzene rings is 1. The molecular formula is C20H32O5. The normalized spacial score (nSPS) is 14.7. The number of rotatable bonds is 14. The molecule has 0 amide bonds. The van der Waals surface area contributed by atoms with E-state index in [1.807, 2.05) is 30.3 Å². The fourth-order valence-electron chi connectivity index (χ4n) is 2.55. The molecule has 0 heterocycles. The van der Waals surface area contributed by atoms with Crippen LogP contribution in [0.5, 0.6) is 5.75 Å². The van der Waals surface area contributed by atoms with Gasteiger partial charge in [0.2, 0.25) is 0 Å². The molecule has 5 heteroatoms. The van der Waals surface area contributed by atoms with Crippen LogP contribution in [0.25, 0.3) is 0 Å². The van der Waals surface area contributed by atoms with Crippen molar-refractivity contribution in [3.63, 3.8) is 0 Å². The van der Waals surface area contributed by atoms with Crippen LogP contribution in [0.1, 0.15) is 31.7 Å². The van der Waals surface area contributed by atoms with Gasteiger partial charge in [0.25, 0.3) is 0 Å².